The smallest absolute Gasteiger partial charge is 0.255 e. The maximum Gasteiger partial charge on any atom is 0.255 e. The van der Waals surface area contributed by atoms with Crippen LogP contribution >= 0.6 is 0 Å². The molecule has 94 valence electrons. The van der Waals surface area contributed by atoms with E-state index in [2.05, 4.69) is 5.32 Å². The van der Waals surface area contributed by atoms with Gasteiger partial charge in [0.1, 0.15) is 5.75 Å². The van der Waals surface area contributed by atoms with Gasteiger partial charge in [0.15, 0.2) is 0 Å². The van der Waals surface area contributed by atoms with Gasteiger partial charge in [-0.1, -0.05) is 0 Å². The minimum absolute atomic E-state index is 0.0921. The van der Waals surface area contributed by atoms with Crippen molar-refractivity contribution in [3.05, 3.63) is 53.6 Å². The Bertz CT molecular complexity index is 657. The molecular formula is C14H11N3O2. The number of nitriles is 1. The lowest BCUT2D eigenvalue weighted by atomic mass is 10.1. The number of carbonyl (C=O) groups excluding carboxylic acids is 1. The van der Waals surface area contributed by atoms with Gasteiger partial charge in [-0.05, 0) is 42.5 Å². The summed E-state index contributed by atoms with van der Waals surface area (Å²) in [5.74, 6) is -0.245. The zero-order chi connectivity index (χ0) is 13.8. The SMILES string of the molecule is N#Cc1ccc(NC(=O)c2ccc(O)cc2)c(N)c1. The lowest BCUT2D eigenvalue weighted by Gasteiger charge is -2.08. The van der Waals surface area contributed by atoms with Crippen molar-refractivity contribution in [2.24, 2.45) is 0 Å². The third kappa shape index (κ3) is 2.82. The van der Waals surface area contributed by atoms with E-state index in [1.54, 1.807) is 12.1 Å². The summed E-state index contributed by atoms with van der Waals surface area (Å²) in [5, 5.41) is 20.5. The Morgan fingerprint density at radius 3 is 2.47 bits per heavy atom. The van der Waals surface area contributed by atoms with Crippen molar-refractivity contribution in [3.63, 3.8) is 0 Å². The lowest BCUT2D eigenvalue weighted by molar-refractivity contribution is 0.102. The molecule has 0 aliphatic heterocycles. The second kappa shape index (κ2) is 5.10. The molecule has 0 unspecified atom stereocenters. The van der Waals surface area contributed by atoms with E-state index < -0.39 is 0 Å². The first-order valence-electron chi connectivity index (χ1n) is 5.50. The van der Waals surface area contributed by atoms with Crippen LogP contribution in [0.25, 0.3) is 0 Å². The maximum absolute atomic E-state index is 11.9. The molecule has 0 saturated carbocycles. The number of nitrogen functional groups attached to an aromatic ring is 1. The molecule has 0 atom stereocenters. The number of anilines is 2. The first kappa shape index (κ1) is 12.5. The minimum Gasteiger partial charge on any atom is -0.508 e. The molecule has 0 saturated heterocycles. The van der Waals surface area contributed by atoms with Crippen molar-refractivity contribution in [3.8, 4) is 11.8 Å². The van der Waals surface area contributed by atoms with Crippen molar-refractivity contribution >= 4 is 17.3 Å². The van der Waals surface area contributed by atoms with Gasteiger partial charge in [-0.25, -0.2) is 0 Å². The number of phenols is 1. The van der Waals surface area contributed by atoms with E-state index in [4.69, 9.17) is 16.1 Å². The maximum atomic E-state index is 11.9. The van der Waals surface area contributed by atoms with Crippen molar-refractivity contribution < 1.29 is 9.90 Å². The lowest BCUT2D eigenvalue weighted by Crippen LogP contribution is -2.13. The fraction of sp³-hybridized carbons (Fsp3) is 0. The fourth-order valence-electron chi connectivity index (χ4n) is 1.55. The number of nitrogens with zero attached hydrogens (tertiary/aromatic N) is 1. The Morgan fingerprint density at radius 1 is 1.21 bits per heavy atom. The molecule has 19 heavy (non-hydrogen) atoms. The summed E-state index contributed by atoms with van der Waals surface area (Å²) < 4.78 is 0. The van der Waals surface area contributed by atoms with Gasteiger partial charge in [0, 0.05) is 5.56 Å². The molecule has 0 bridgehead atoms. The van der Waals surface area contributed by atoms with Crippen molar-refractivity contribution in [1.29, 1.82) is 5.26 Å². The van der Waals surface area contributed by atoms with Gasteiger partial charge in [0.2, 0.25) is 0 Å². The fourth-order valence-corrected chi connectivity index (χ4v) is 1.55. The monoisotopic (exact) mass is 253 g/mol. The van der Waals surface area contributed by atoms with E-state index in [9.17, 15) is 4.79 Å². The quantitative estimate of drug-likeness (QED) is 0.713. The number of nitrogens with two attached hydrogens (primary N) is 1. The van der Waals surface area contributed by atoms with Crippen LogP contribution < -0.4 is 11.1 Å². The molecular weight excluding hydrogens is 242 g/mol. The summed E-state index contributed by atoms with van der Waals surface area (Å²) in [6.07, 6.45) is 0. The highest BCUT2D eigenvalue weighted by Crippen LogP contribution is 2.20. The largest absolute Gasteiger partial charge is 0.508 e. The summed E-state index contributed by atoms with van der Waals surface area (Å²) in [6.45, 7) is 0. The summed E-state index contributed by atoms with van der Waals surface area (Å²) in [6, 6.07) is 12.5. The first-order valence-corrected chi connectivity index (χ1v) is 5.50. The van der Waals surface area contributed by atoms with E-state index in [0.717, 1.165) is 0 Å². The number of rotatable bonds is 2. The van der Waals surface area contributed by atoms with E-state index in [-0.39, 0.29) is 11.7 Å². The summed E-state index contributed by atoms with van der Waals surface area (Å²) in [5.41, 5.74) is 7.34. The zero-order valence-electron chi connectivity index (χ0n) is 9.92. The Kier molecular flexibility index (Phi) is 3.35. The number of amides is 1. The molecule has 5 heteroatoms. The molecule has 2 rings (SSSR count). The molecule has 2 aromatic carbocycles. The van der Waals surface area contributed by atoms with Crippen LogP contribution in [-0.4, -0.2) is 11.0 Å². The van der Waals surface area contributed by atoms with Gasteiger partial charge in [-0.15, -0.1) is 0 Å². The van der Waals surface area contributed by atoms with Crippen LogP contribution in [0.5, 0.6) is 5.75 Å². The average Bonchev–Trinajstić information content (AvgIpc) is 2.41. The minimum atomic E-state index is -0.337. The van der Waals surface area contributed by atoms with Crippen LogP contribution in [0.15, 0.2) is 42.5 Å². The molecule has 0 aromatic heterocycles. The van der Waals surface area contributed by atoms with Crippen LogP contribution in [0.1, 0.15) is 15.9 Å². The highest BCUT2D eigenvalue weighted by molar-refractivity contribution is 6.05. The van der Waals surface area contributed by atoms with Crippen LogP contribution in [-0.2, 0) is 0 Å². The Morgan fingerprint density at radius 2 is 1.89 bits per heavy atom. The number of hydrogen-bond acceptors (Lipinski definition) is 4. The van der Waals surface area contributed by atoms with Gasteiger partial charge in [-0.3, -0.25) is 4.79 Å². The molecule has 0 aliphatic carbocycles. The molecule has 0 aliphatic rings. The Hall–Kier alpha value is -3.00. The van der Waals surface area contributed by atoms with Gasteiger partial charge in [0.25, 0.3) is 5.91 Å². The van der Waals surface area contributed by atoms with E-state index >= 15 is 0 Å². The van der Waals surface area contributed by atoms with Crippen LogP contribution in [0.3, 0.4) is 0 Å². The zero-order valence-corrected chi connectivity index (χ0v) is 9.92. The predicted octanol–water partition coefficient (Wildman–Crippen LogP) is 2.10. The van der Waals surface area contributed by atoms with Crippen molar-refractivity contribution in [2.45, 2.75) is 0 Å². The number of benzene rings is 2. The Labute approximate surface area is 109 Å². The first-order chi connectivity index (χ1) is 9.10. The molecule has 0 spiro atoms. The predicted molar refractivity (Wildman–Crippen MR) is 71.6 cm³/mol. The molecule has 0 fully saturated rings. The second-order valence-corrected chi connectivity index (χ2v) is 3.91. The highest BCUT2D eigenvalue weighted by Gasteiger charge is 2.08. The summed E-state index contributed by atoms with van der Waals surface area (Å²) in [7, 11) is 0. The number of nitrogens with one attached hydrogen (secondary N) is 1. The average molecular weight is 253 g/mol. The normalized spacial score (nSPS) is 9.63. The third-order valence-corrected chi connectivity index (χ3v) is 2.56. The van der Waals surface area contributed by atoms with Gasteiger partial charge in [-0.2, -0.15) is 5.26 Å². The van der Waals surface area contributed by atoms with Gasteiger partial charge < -0.3 is 16.2 Å². The van der Waals surface area contributed by atoms with Crippen molar-refractivity contribution in [2.75, 3.05) is 11.1 Å². The van der Waals surface area contributed by atoms with Gasteiger partial charge in [0.05, 0.1) is 23.0 Å². The molecule has 1 amide bonds. The van der Waals surface area contributed by atoms with E-state index in [1.807, 2.05) is 6.07 Å². The van der Waals surface area contributed by atoms with Crippen LogP contribution in [0.4, 0.5) is 11.4 Å². The van der Waals surface area contributed by atoms with E-state index in [1.165, 1.54) is 30.3 Å². The standard InChI is InChI=1S/C14H11N3O2/c15-8-9-1-6-13(12(16)7-9)17-14(19)10-2-4-11(18)5-3-10/h1-7,18H,16H2,(H,17,19). The van der Waals surface area contributed by atoms with Crippen molar-refractivity contribution in [1.82, 2.24) is 0 Å². The number of aromatic hydroxyl groups is 1. The number of hydrogen-bond donors (Lipinski definition) is 3. The molecule has 4 N–H and O–H groups in total. The highest BCUT2D eigenvalue weighted by atomic mass is 16.3. The second-order valence-electron chi connectivity index (χ2n) is 3.91. The number of phenolic OH excluding ortho intramolecular Hbond substituents is 1. The topological polar surface area (TPSA) is 99.1 Å². The molecule has 0 heterocycles. The van der Waals surface area contributed by atoms with E-state index in [0.29, 0.717) is 22.5 Å². The van der Waals surface area contributed by atoms with Crippen LogP contribution in [0, 0.1) is 11.3 Å². The molecule has 5 nitrogen and oxygen atoms in total. The Balaban J connectivity index is 2.20. The molecule has 0 radical (unpaired) electrons. The third-order valence-electron chi connectivity index (χ3n) is 2.56. The molecule has 2 aromatic rings. The van der Waals surface area contributed by atoms with Gasteiger partial charge >= 0.3 is 0 Å². The summed E-state index contributed by atoms with van der Waals surface area (Å²) >= 11 is 0. The number of carbonyl (C=O) groups is 1. The summed E-state index contributed by atoms with van der Waals surface area (Å²) in [4.78, 5) is 11.9. The van der Waals surface area contributed by atoms with Crippen LogP contribution in [0.2, 0.25) is 0 Å².